The van der Waals surface area contributed by atoms with Crippen molar-refractivity contribution in [2.45, 2.75) is 45.1 Å². The zero-order chi connectivity index (χ0) is 32.6. The summed E-state index contributed by atoms with van der Waals surface area (Å²) in [7, 11) is 10.1. The molecular weight excluding hydrogens is 576 g/mol. The summed E-state index contributed by atoms with van der Waals surface area (Å²) >= 11 is 0. The topological polar surface area (TPSA) is 138 Å². The van der Waals surface area contributed by atoms with Gasteiger partial charge in [-0.25, -0.2) is 4.79 Å². The van der Waals surface area contributed by atoms with Crippen LogP contribution in [0.4, 0.5) is 5.82 Å². The summed E-state index contributed by atoms with van der Waals surface area (Å²) in [5.41, 5.74) is 1.58. The molecule has 3 rings (SSSR count). The maximum absolute atomic E-state index is 12.9. The monoisotopic (exact) mass is 626 g/mol. The third kappa shape index (κ3) is 12.3. The number of aldehydes is 1. The lowest BCUT2D eigenvalue weighted by Gasteiger charge is -2.21. The molecule has 0 atom stereocenters. The van der Waals surface area contributed by atoms with Gasteiger partial charge in [0.25, 0.3) is 0 Å². The minimum Gasteiger partial charge on any atom is -0.461 e. The molecule has 248 valence electrons. The second-order valence-electron chi connectivity index (χ2n) is 11.7. The number of benzene rings is 1. The number of ether oxygens (including phenoxy) is 2. The van der Waals surface area contributed by atoms with Crippen LogP contribution < -0.4 is 15.7 Å². The zero-order valence-corrected chi connectivity index (χ0v) is 27.5. The van der Waals surface area contributed by atoms with Crippen LogP contribution in [0, 0.1) is 0 Å². The van der Waals surface area contributed by atoms with Gasteiger partial charge in [-0.05, 0) is 92.2 Å². The van der Waals surface area contributed by atoms with E-state index in [1.165, 1.54) is 11.0 Å². The van der Waals surface area contributed by atoms with E-state index < -0.39 is 5.69 Å². The number of hydrogen-bond acceptors (Lipinski definition) is 10. The average molecular weight is 627 g/mol. The largest absolute Gasteiger partial charge is 0.461 e. The number of carbonyl (C=O) groups is 2. The summed E-state index contributed by atoms with van der Waals surface area (Å²) in [6.07, 6.45) is 6.11. The molecule has 2 N–H and O–H groups in total. The van der Waals surface area contributed by atoms with E-state index in [4.69, 9.17) is 9.47 Å². The molecule has 1 aromatic carbocycles. The first-order valence-electron chi connectivity index (χ1n) is 15.7. The number of aromatic nitrogens is 4. The highest BCUT2D eigenvalue weighted by atomic mass is 16.5. The maximum atomic E-state index is 12.9. The predicted molar refractivity (Wildman–Crippen MR) is 176 cm³/mol. The van der Waals surface area contributed by atoms with Crippen LogP contribution in [0.5, 0.6) is 6.01 Å². The molecule has 0 radical (unpaired) electrons. The highest BCUT2D eigenvalue weighted by Crippen LogP contribution is 2.22. The third-order valence-corrected chi connectivity index (χ3v) is 7.50. The van der Waals surface area contributed by atoms with Crippen LogP contribution in [0.15, 0.2) is 29.1 Å². The van der Waals surface area contributed by atoms with Crippen LogP contribution >= 0.6 is 0 Å². The second kappa shape index (κ2) is 19.0. The predicted octanol–water partition coefficient (Wildman–Crippen LogP) is 2.71. The van der Waals surface area contributed by atoms with Gasteiger partial charge in [-0.1, -0.05) is 30.7 Å². The minimum absolute atomic E-state index is 0.0293. The van der Waals surface area contributed by atoms with E-state index in [-0.39, 0.29) is 30.9 Å². The molecule has 13 nitrogen and oxygen atoms in total. The summed E-state index contributed by atoms with van der Waals surface area (Å²) in [6.45, 7) is 6.12. The third-order valence-electron chi connectivity index (χ3n) is 7.50. The molecule has 0 spiro atoms. The van der Waals surface area contributed by atoms with Gasteiger partial charge in [0.2, 0.25) is 5.91 Å². The van der Waals surface area contributed by atoms with E-state index in [0.29, 0.717) is 29.8 Å². The number of aromatic amines is 1. The standard InChI is InChI=1S/C32H50N8O5/c1-37(2)16-9-18-39(4)20-10-19-38(3)17-8-6-7-11-27(42)33-29-28-30(36-31(35-29)45-22-21-44-5)40(32(43)34-28)23-25-12-14-26(24-41)15-13-25/h12-15,24H,6-11,16-23H2,1-5H3,(H,34,43)(H,33,35,36,42). The molecule has 0 saturated heterocycles. The van der Waals surface area contributed by atoms with Gasteiger partial charge in [-0.15, -0.1) is 0 Å². The number of imidazole rings is 1. The second-order valence-corrected chi connectivity index (χ2v) is 11.7. The Hall–Kier alpha value is -3.65. The Kier molecular flexibility index (Phi) is 15.1. The molecule has 1 amide bonds. The average Bonchev–Trinajstić information content (AvgIpc) is 3.32. The van der Waals surface area contributed by atoms with Gasteiger partial charge < -0.3 is 34.5 Å². The summed E-state index contributed by atoms with van der Waals surface area (Å²) in [6, 6.07) is 6.96. The molecule has 0 aliphatic heterocycles. The Bertz CT molecular complexity index is 1390. The number of carbonyl (C=O) groups excluding carboxylic acids is 2. The fourth-order valence-corrected chi connectivity index (χ4v) is 4.94. The lowest BCUT2D eigenvalue weighted by molar-refractivity contribution is -0.116. The van der Waals surface area contributed by atoms with Gasteiger partial charge >= 0.3 is 11.7 Å². The van der Waals surface area contributed by atoms with E-state index >= 15 is 0 Å². The number of anilines is 1. The Balaban J connectivity index is 1.52. The summed E-state index contributed by atoms with van der Waals surface area (Å²) in [4.78, 5) is 55.4. The smallest absolute Gasteiger partial charge is 0.328 e. The molecule has 13 heteroatoms. The summed E-state index contributed by atoms with van der Waals surface area (Å²) < 4.78 is 12.2. The van der Waals surface area contributed by atoms with Crippen molar-refractivity contribution < 1.29 is 19.1 Å². The quantitative estimate of drug-likeness (QED) is 0.127. The normalized spacial score (nSPS) is 11.6. The Labute approximate surface area is 265 Å². The number of H-pyrrole nitrogens is 1. The lowest BCUT2D eigenvalue weighted by atomic mass is 10.1. The number of nitrogens with one attached hydrogen (secondary N) is 2. The van der Waals surface area contributed by atoms with Gasteiger partial charge in [0, 0.05) is 19.1 Å². The van der Waals surface area contributed by atoms with E-state index in [1.54, 1.807) is 31.4 Å². The number of nitrogens with zero attached hydrogens (tertiary/aromatic N) is 6. The Morgan fingerprint density at radius 3 is 2.22 bits per heavy atom. The van der Waals surface area contributed by atoms with Crippen molar-refractivity contribution in [1.29, 1.82) is 0 Å². The summed E-state index contributed by atoms with van der Waals surface area (Å²) in [5, 5.41) is 2.85. The number of hydrogen-bond donors (Lipinski definition) is 2. The molecule has 3 aromatic rings. The molecule has 0 bridgehead atoms. The molecule has 2 aromatic heterocycles. The number of fused-ring (bicyclic) bond motifs is 1. The van der Waals surface area contributed by atoms with Crippen molar-refractivity contribution in [3.63, 3.8) is 0 Å². The maximum Gasteiger partial charge on any atom is 0.328 e. The fraction of sp³-hybridized carbons (Fsp3) is 0.594. The molecule has 45 heavy (non-hydrogen) atoms. The molecule has 0 aliphatic rings. The first-order valence-corrected chi connectivity index (χ1v) is 15.7. The van der Waals surface area contributed by atoms with E-state index in [2.05, 4.69) is 63.2 Å². The molecule has 0 fully saturated rings. The number of methoxy groups -OCH3 is 1. The Morgan fingerprint density at radius 2 is 1.58 bits per heavy atom. The van der Waals surface area contributed by atoms with Crippen molar-refractivity contribution >= 4 is 29.2 Å². The van der Waals surface area contributed by atoms with Gasteiger partial charge in [0.1, 0.15) is 18.4 Å². The van der Waals surface area contributed by atoms with Crippen molar-refractivity contribution in [3.8, 4) is 6.01 Å². The van der Waals surface area contributed by atoms with Gasteiger partial charge in [-0.3, -0.25) is 14.2 Å². The van der Waals surface area contributed by atoms with Gasteiger partial charge in [0.15, 0.2) is 11.5 Å². The minimum atomic E-state index is -0.400. The van der Waals surface area contributed by atoms with Crippen molar-refractivity contribution in [2.24, 2.45) is 0 Å². The van der Waals surface area contributed by atoms with Crippen LogP contribution in [0.25, 0.3) is 11.2 Å². The first kappa shape index (κ1) is 35.8. The highest BCUT2D eigenvalue weighted by Gasteiger charge is 2.18. The molecule has 0 saturated carbocycles. The molecular formula is C32H50N8O5. The van der Waals surface area contributed by atoms with Crippen LogP contribution in [0.2, 0.25) is 0 Å². The van der Waals surface area contributed by atoms with Crippen LogP contribution in [-0.4, -0.2) is 128 Å². The van der Waals surface area contributed by atoms with Crippen LogP contribution in [-0.2, 0) is 16.1 Å². The number of rotatable bonds is 22. The van der Waals surface area contributed by atoms with Crippen molar-refractivity contribution in [1.82, 2.24) is 34.2 Å². The van der Waals surface area contributed by atoms with E-state index in [9.17, 15) is 14.4 Å². The van der Waals surface area contributed by atoms with Gasteiger partial charge in [0.05, 0.1) is 13.2 Å². The van der Waals surface area contributed by atoms with Crippen LogP contribution in [0.3, 0.4) is 0 Å². The SMILES string of the molecule is COCCOc1nc(NC(=O)CCCCCN(C)CCCN(C)CCCN(C)C)c2[nH]c(=O)n(Cc3ccc(C=O)cc3)c2n1. The Morgan fingerprint density at radius 1 is 0.911 bits per heavy atom. The van der Waals surface area contributed by atoms with E-state index in [1.807, 2.05) is 0 Å². The van der Waals surface area contributed by atoms with Crippen molar-refractivity contribution in [2.75, 3.05) is 86.6 Å². The molecule has 0 aliphatic carbocycles. The first-order chi connectivity index (χ1) is 21.7. The van der Waals surface area contributed by atoms with Crippen molar-refractivity contribution in [3.05, 3.63) is 45.9 Å². The molecule has 0 unspecified atom stereocenters. The number of unbranched alkanes of at least 4 members (excludes halogenated alkanes) is 2. The van der Waals surface area contributed by atoms with Crippen LogP contribution in [0.1, 0.15) is 54.4 Å². The fourth-order valence-electron chi connectivity index (χ4n) is 4.94. The zero-order valence-electron chi connectivity index (χ0n) is 27.5. The summed E-state index contributed by atoms with van der Waals surface area (Å²) in [5.74, 6) is -0.00228. The van der Waals surface area contributed by atoms with Gasteiger partial charge in [-0.2, -0.15) is 9.97 Å². The lowest BCUT2D eigenvalue weighted by Crippen LogP contribution is -2.28. The van der Waals surface area contributed by atoms with E-state index in [0.717, 1.165) is 70.3 Å². The molecule has 2 heterocycles. The highest BCUT2D eigenvalue weighted by molar-refractivity contribution is 5.97. The number of amides is 1.